The van der Waals surface area contributed by atoms with Crippen molar-refractivity contribution < 1.29 is 0 Å². The van der Waals surface area contributed by atoms with Crippen molar-refractivity contribution in [1.82, 2.24) is 15.0 Å². The van der Waals surface area contributed by atoms with Crippen molar-refractivity contribution in [2.45, 2.75) is 45.1 Å². The molecule has 4 rings (SSSR count). The Labute approximate surface area is 187 Å². The normalized spacial score (nSPS) is 22.2. The number of hydrogen-bond acceptors (Lipinski definition) is 6. The predicted molar refractivity (Wildman–Crippen MR) is 132 cm³/mol. The second kappa shape index (κ2) is 9.54. The summed E-state index contributed by atoms with van der Waals surface area (Å²) in [6, 6.07) is 4.38. The second-order valence-electron chi connectivity index (χ2n) is 8.22. The molecule has 3 heterocycles. The maximum Gasteiger partial charge on any atom is 0.157 e. The largest absolute Gasteiger partial charge is 0.337 e. The molecule has 0 spiro atoms. The third-order valence-corrected chi connectivity index (χ3v) is 6.87. The average molecular weight is 432 g/mol. The summed E-state index contributed by atoms with van der Waals surface area (Å²) in [4.78, 5) is 13.9. The van der Waals surface area contributed by atoms with Crippen LogP contribution in [0.5, 0.6) is 0 Å². The van der Waals surface area contributed by atoms with Crippen molar-refractivity contribution in [2.75, 3.05) is 5.32 Å². The van der Waals surface area contributed by atoms with Crippen LogP contribution < -0.4 is 11.1 Å². The van der Waals surface area contributed by atoms with Crippen LogP contribution in [0.2, 0.25) is 0 Å². The zero-order chi connectivity index (χ0) is 21.8. The van der Waals surface area contributed by atoms with E-state index in [-0.39, 0.29) is 6.04 Å². The number of thiazole rings is 1. The monoisotopic (exact) mass is 431 g/mol. The Morgan fingerprint density at radius 1 is 1.26 bits per heavy atom. The summed E-state index contributed by atoms with van der Waals surface area (Å²) in [5.41, 5.74) is 10.5. The number of nitrogens with zero attached hydrogens (tertiary/aromatic N) is 3. The quantitative estimate of drug-likeness (QED) is 0.454. The molecule has 3 atom stereocenters. The Morgan fingerprint density at radius 3 is 2.90 bits per heavy atom. The molecule has 0 amide bonds. The molecule has 0 radical (unpaired) electrons. The molecule has 3 aromatic heterocycles. The van der Waals surface area contributed by atoms with Gasteiger partial charge in [0.25, 0.3) is 0 Å². The molecule has 3 aromatic rings. The van der Waals surface area contributed by atoms with Gasteiger partial charge in [-0.2, -0.15) is 0 Å². The highest BCUT2D eigenvalue weighted by Gasteiger charge is 2.27. The van der Waals surface area contributed by atoms with Crippen molar-refractivity contribution in [1.29, 1.82) is 0 Å². The van der Waals surface area contributed by atoms with Crippen molar-refractivity contribution in [3.8, 4) is 0 Å². The van der Waals surface area contributed by atoms with E-state index in [9.17, 15) is 0 Å². The summed E-state index contributed by atoms with van der Waals surface area (Å²) in [7, 11) is 0. The molecular weight excluding hydrogens is 402 g/mol. The topological polar surface area (TPSA) is 76.7 Å². The van der Waals surface area contributed by atoms with Gasteiger partial charge in [0.15, 0.2) is 5.82 Å². The number of pyridine rings is 2. The molecule has 0 saturated heterocycles. The second-order valence-corrected chi connectivity index (χ2v) is 9.25. The molecule has 5 nitrogen and oxygen atoms in total. The average Bonchev–Trinajstić information content (AvgIpc) is 3.19. The molecule has 160 valence electrons. The first-order valence-corrected chi connectivity index (χ1v) is 11.6. The highest BCUT2D eigenvalue weighted by atomic mass is 32.1. The van der Waals surface area contributed by atoms with Crippen LogP contribution >= 0.6 is 11.3 Å². The summed E-state index contributed by atoms with van der Waals surface area (Å²) in [5.74, 6) is 1.80. The van der Waals surface area contributed by atoms with E-state index in [0.29, 0.717) is 11.8 Å². The molecule has 0 aromatic carbocycles. The van der Waals surface area contributed by atoms with Gasteiger partial charge in [-0.25, -0.2) is 9.97 Å². The van der Waals surface area contributed by atoms with Gasteiger partial charge in [-0.3, -0.25) is 4.98 Å². The summed E-state index contributed by atoms with van der Waals surface area (Å²) in [6.45, 7) is 8.06. The summed E-state index contributed by atoms with van der Waals surface area (Å²) in [5, 5.41) is 4.50. The first-order chi connectivity index (χ1) is 15.1. The molecule has 6 heteroatoms. The minimum atomic E-state index is 0.250. The van der Waals surface area contributed by atoms with Crippen LogP contribution in [-0.2, 0) is 0 Å². The van der Waals surface area contributed by atoms with Gasteiger partial charge in [-0.15, -0.1) is 11.3 Å². The van der Waals surface area contributed by atoms with Gasteiger partial charge in [0.1, 0.15) is 10.5 Å². The maximum absolute atomic E-state index is 6.33. The summed E-state index contributed by atoms with van der Waals surface area (Å²) < 4.78 is 1.10. The smallest absolute Gasteiger partial charge is 0.157 e. The van der Waals surface area contributed by atoms with Crippen LogP contribution in [0.3, 0.4) is 0 Å². The van der Waals surface area contributed by atoms with Gasteiger partial charge < -0.3 is 11.1 Å². The van der Waals surface area contributed by atoms with E-state index in [1.165, 1.54) is 5.56 Å². The third-order valence-electron chi connectivity index (χ3n) is 5.80. The molecule has 1 saturated carbocycles. The number of fused-ring (bicyclic) bond motifs is 1. The van der Waals surface area contributed by atoms with Crippen LogP contribution in [0.1, 0.15) is 49.6 Å². The van der Waals surface area contributed by atoms with E-state index in [1.54, 1.807) is 17.4 Å². The number of nitrogens with two attached hydrogens (primary N) is 1. The zero-order valence-corrected chi connectivity index (χ0v) is 18.9. The van der Waals surface area contributed by atoms with E-state index in [4.69, 9.17) is 10.7 Å². The van der Waals surface area contributed by atoms with Gasteiger partial charge in [-0.1, -0.05) is 37.8 Å². The lowest BCUT2D eigenvalue weighted by atomic mass is 9.76. The Morgan fingerprint density at radius 2 is 2.13 bits per heavy atom. The summed E-state index contributed by atoms with van der Waals surface area (Å²) >= 11 is 1.66. The summed E-state index contributed by atoms with van der Waals surface area (Å²) in [6.07, 6.45) is 16.6. The van der Waals surface area contributed by atoms with Crippen molar-refractivity contribution in [3.05, 3.63) is 72.2 Å². The van der Waals surface area contributed by atoms with Crippen molar-refractivity contribution in [3.63, 3.8) is 0 Å². The third kappa shape index (κ3) is 4.75. The molecule has 31 heavy (non-hydrogen) atoms. The molecular formula is C25H29N5S. The van der Waals surface area contributed by atoms with Crippen LogP contribution in [0.25, 0.3) is 15.8 Å². The number of hydrogen-bond donors (Lipinski definition) is 2. The van der Waals surface area contributed by atoms with E-state index in [1.807, 2.05) is 43.7 Å². The molecule has 1 fully saturated rings. The van der Waals surface area contributed by atoms with Crippen LogP contribution in [0.4, 0.5) is 11.5 Å². The lowest BCUT2D eigenvalue weighted by Crippen LogP contribution is -2.31. The van der Waals surface area contributed by atoms with E-state index >= 15 is 0 Å². The first-order valence-electron chi connectivity index (χ1n) is 10.8. The fourth-order valence-electron chi connectivity index (χ4n) is 4.44. The van der Waals surface area contributed by atoms with Gasteiger partial charge in [-0.05, 0) is 55.7 Å². The van der Waals surface area contributed by atoms with Crippen LogP contribution in [-0.4, -0.2) is 21.0 Å². The fraction of sp³-hybridized carbons (Fsp3) is 0.320. The number of anilines is 2. The molecule has 1 aliphatic rings. The number of nitrogens with one attached hydrogen (secondary N) is 1. The molecule has 3 unspecified atom stereocenters. The number of rotatable bonds is 6. The van der Waals surface area contributed by atoms with E-state index < -0.39 is 0 Å². The minimum absolute atomic E-state index is 0.250. The first kappa shape index (κ1) is 21.4. The Hall–Kier alpha value is -2.83. The van der Waals surface area contributed by atoms with Gasteiger partial charge in [0, 0.05) is 24.0 Å². The lowest BCUT2D eigenvalue weighted by molar-refractivity contribution is 0.308. The number of aromatic nitrogens is 3. The van der Waals surface area contributed by atoms with Crippen LogP contribution in [0, 0.1) is 5.92 Å². The van der Waals surface area contributed by atoms with Crippen molar-refractivity contribution >= 4 is 38.6 Å². The van der Waals surface area contributed by atoms with E-state index in [0.717, 1.165) is 51.6 Å². The van der Waals surface area contributed by atoms with Gasteiger partial charge in [0.05, 0.1) is 16.6 Å². The molecule has 3 N–H and O–H groups in total. The maximum atomic E-state index is 6.33. The SMILES string of the molecule is C=C/C=C\C(=C/C)c1nc2c(Nc3cnccc3C3CC(C)CC(N)C3)nccc2s1. The minimum Gasteiger partial charge on any atom is -0.337 e. The highest BCUT2D eigenvalue weighted by molar-refractivity contribution is 7.19. The van der Waals surface area contributed by atoms with Gasteiger partial charge in [0.2, 0.25) is 0 Å². The molecule has 0 bridgehead atoms. The predicted octanol–water partition coefficient (Wildman–Crippen LogP) is 6.21. The standard InChI is InChI=1S/C25H29N5S/c1-4-6-7-17(5-2)25-30-23-22(31-25)9-11-28-24(23)29-21-15-27-10-8-20(21)18-12-16(3)13-19(26)14-18/h4-11,15-16,18-19H,1,12-14,26H2,2-3H3,(H,28,29)/b7-6-,17-5+. The zero-order valence-electron chi connectivity index (χ0n) is 18.1. The number of allylic oxidation sites excluding steroid dienone is 5. The lowest BCUT2D eigenvalue weighted by Gasteiger charge is -2.32. The van der Waals surface area contributed by atoms with E-state index in [2.05, 4.69) is 40.9 Å². The van der Waals surface area contributed by atoms with Gasteiger partial charge >= 0.3 is 0 Å². The molecule has 1 aliphatic carbocycles. The van der Waals surface area contributed by atoms with Crippen molar-refractivity contribution in [2.24, 2.45) is 11.7 Å². The Balaban J connectivity index is 1.68. The Kier molecular flexibility index (Phi) is 6.59. The highest BCUT2D eigenvalue weighted by Crippen LogP contribution is 2.39. The van der Waals surface area contributed by atoms with Crippen LogP contribution in [0.15, 0.2) is 61.6 Å². The fourth-order valence-corrected chi connectivity index (χ4v) is 5.45. The Bertz CT molecular complexity index is 1120. The molecule has 0 aliphatic heterocycles.